The summed E-state index contributed by atoms with van der Waals surface area (Å²) in [6.45, 7) is 7.87. The maximum absolute atomic E-state index is 9.83. The second-order valence-electron chi connectivity index (χ2n) is 4.79. The third kappa shape index (κ3) is 2.35. The van der Waals surface area contributed by atoms with Crippen LogP contribution in [0.4, 0.5) is 0 Å². The van der Waals surface area contributed by atoms with Gasteiger partial charge in [0, 0.05) is 18.9 Å². The molecule has 1 N–H and O–H groups in total. The summed E-state index contributed by atoms with van der Waals surface area (Å²) in [5, 5.41) is 9.83. The van der Waals surface area contributed by atoms with Crippen LogP contribution in [0.25, 0.3) is 0 Å². The van der Waals surface area contributed by atoms with Gasteiger partial charge in [-0.05, 0) is 26.2 Å². The Hall–Kier alpha value is -0.830. The van der Waals surface area contributed by atoms with Crippen molar-refractivity contribution in [2.24, 2.45) is 13.0 Å². The minimum atomic E-state index is -0.857. The molecule has 3 nitrogen and oxygen atoms in total. The van der Waals surface area contributed by atoms with Gasteiger partial charge >= 0.3 is 0 Å². The van der Waals surface area contributed by atoms with Gasteiger partial charge in [-0.1, -0.05) is 13.8 Å². The molecule has 1 aromatic rings. The molecule has 14 heavy (non-hydrogen) atoms. The molecule has 1 heterocycles. The van der Waals surface area contributed by atoms with Crippen molar-refractivity contribution in [2.45, 2.75) is 39.7 Å². The smallest absolute Gasteiger partial charge is 0.140 e. The number of hydrogen-bond donors (Lipinski definition) is 1. The molecule has 0 saturated carbocycles. The molecule has 1 rings (SSSR count). The summed E-state index contributed by atoms with van der Waals surface area (Å²) < 4.78 is 1.99. The van der Waals surface area contributed by atoms with Crippen LogP contribution in [0.2, 0.25) is 0 Å². The van der Waals surface area contributed by atoms with E-state index in [0.717, 1.165) is 12.2 Å². The van der Waals surface area contributed by atoms with Crippen LogP contribution < -0.4 is 0 Å². The molecule has 0 fully saturated rings. The maximum Gasteiger partial charge on any atom is 0.140 e. The fraction of sp³-hybridized carbons (Fsp3) is 0.727. The molecule has 3 heteroatoms. The molecule has 0 unspecified atom stereocenters. The molecule has 0 bridgehead atoms. The van der Waals surface area contributed by atoms with Crippen molar-refractivity contribution >= 4 is 0 Å². The Morgan fingerprint density at radius 1 is 1.50 bits per heavy atom. The van der Waals surface area contributed by atoms with Gasteiger partial charge in [0.2, 0.25) is 0 Å². The molecular formula is C11H20N2O. The Morgan fingerprint density at radius 3 is 2.43 bits per heavy atom. The zero-order valence-electron chi connectivity index (χ0n) is 9.70. The molecule has 0 aromatic carbocycles. The summed E-state index contributed by atoms with van der Waals surface area (Å²) in [6.07, 6.45) is 2.85. The molecule has 0 atom stereocenters. The highest BCUT2D eigenvalue weighted by Crippen LogP contribution is 2.19. The molecule has 1 aromatic heterocycles. The van der Waals surface area contributed by atoms with Crippen LogP contribution in [0.5, 0.6) is 0 Å². The van der Waals surface area contributed by atoms with E-state index in [1.807, 2.05) is 17.8 Å². The minimum Gasteiger partial charge on any atom is -0.383 e. The maximum atomic E-state index is 9.83. The van der Waals surface area contributed by atoms with Crippen molar-refractivity contribution in [3.05, 3.63) is 17.7 Å². The lowest BCUT2D eigenvalue weighted by Crippen LogP contribution is -2.21. The first-order chi connectivity index (χ1) is 6.32. The van der Waals surface area contributed by atoms with Crippen molar-refractivity contribution < 1.29 is 5.11 Å². The molecule has 0 radical (unpaired) electrons. The van der Waals surface area contributed by atoms with Crippen LogP contribution in [0.15, 0.2) is 6.20 Å². The fourth-order valence-corrected chi connectivity index (χ4v) is 1.62. The van der Waals surface area contributed by atoms with Crippen LogP contribution in [0.3, 0.4) is 0 Å². The van der Waals surface area contributed by atoms with E-state index < -0.39 is 5.60 Å². The lowest BCUT2D eigenvalue weighted by atomic mass is 10.1. The van der Waals surface area contributed by atoms with Gasteiger partial charge < -0.3 is 9.67 Å². The number of aliphatic hydroxyl groups is 1. The first-order valence-electron chi connectivity index (χ1n) is 5.06. The minimum absolute atomic E-state index is 0.611. The Labute approximate surface area is 85.8 Å². The lowest BCUT2D eigenvalue weighted by Gasteiger charge is -2.17. The molecule has 0 aliphatic heterocycles. The van der Waals surface area contributed by atoms with Gasteiger partial charge in [-0.25, -0.2) is 4.98 Å². The highest BCUT2D eigenvalue weighted by Gasteiger charge is 2.22. The summed E-state index contributed by atoms with van der Waals surface area (Å²) in [4.78, 5) is 4.25. The van der Waals surface area contributed by atoms with E-state index in [1.54, 1.807) is 13.8 Å². The second kappa shape index (κ2) is 3.73. The average molecular weight is 196 g/mol. The summed E-state index contributed by atoms with van der Waals surface area (Å²) in [6, 6.07) is 0. The second-order valence-corrected chi connectivity index (χ2v) is 4.79. The monoisotopic (exact) mass is 196 g/mol. The van der Waals surface area contributed by atoms with E-state index in [1.165, 1.54) is 5.69 Å². The third-order valence-corrected chi connectivity index (χ3v) is 2.25. The van der Waals surface area contributed by atoms with E-state index >= 15 is 0 Å². The largest absolute Gasteiger partial charge is 0.383 e. The van der Waals surface area contributed by atoms with Gasteiger partial charge in [0.1, 0.15) is 11.4 Å². The number of imidazole rings is 1. The van der Waals surface area contributed by atoms with Gasteiger partial charge in [-0.2, -0.15) is 0 Å². The third-order valence-electron chi connectivity index (χ3n) is 2.25. The molecular weight excluding hydrogens is 176 g/mol. The molecule has 0 aliphatic rings. The van der Waals surface area contributed by atoms with Crippen molar-refractivity contribution in [1.29, 1.82) is 0 Å². The quantitative estimate of drug-likeness (QED) is 0.801. The Kier molecular flexibility index (Phi) is 3.00. The predicted molar refractivity (Wildman–Crippen MR) is 57.0 cm³/mol. The Bertz CT molecular complexity index is 308. The Balaban J connectivity index is 2.97. The van der Waals surface area contributed by atoms with Gasteiger partial charge in [-0.3, -0.25) is 0 Å². The zero-order chi connectivity index (χ0) is 10.9. The topological polar surface area (TPSA) is 38.1 Å². The first kappa shape index (κ1) is 11.2. The van der Waals surface area contributed by atoms with E-state index in [2.05, 4.69) is 18.8 Å². The number of hydrogen-bond acceptors (Lipinski definition) is 2. The highest BCUT2D eigenvalue weighted by atomic mass is 16.3. The van der Waals surface area contributed by atoms with Crippen LogP contribution >= 0.6 is 0 Å². The van der Waals surface area contributed by atoms with Gasteiger partial charge in [0.15, 0.2) is 0 Å². The first-order valence-corrected chi connectivity index (χ1v) is 5.06. The standard InChI is InChI=1S/C11H20N2O/c1-8(2)6-9-7-12-10(13(9)5)11(3,4)14/h7-8,14H,6H2,1-5H3. The molecule has 0 aliphatic carbocycles. The number of aromatic nitrogens is 2. The van der Waals surface area contributed by atoms with Crippen molar-refractivity contribution in [3.63, 3.8) is 0 Å². The molecule has 0 amide bonds. The van der Waals surface area contributed by atoms with E-state index in [0.29, 0.717) is 5.92 Å². The molecule has 80 valence electrons. The molecule has 0 spiro atoms. The predicted octanol–water partition coefficient (Wildman–Crippen LogP) is 1.85. The summed E-state index contributed by atoms with van der Waals surface area (Å²) in [5.41, 5.74) is 0.321. The summed E-state index contributed by atoms with van der Waals surface area (Å²) in [7, 11) is 1.96. The number of rotatable bonds is 3. The van der Waals surface area contributed by atoms with Gasteiger partial charge in [0.05, 0.1) is 0 Å². The van der Waals surface area contributed by atoms with Crippen molar-refractivity contribution in [3.8, 4) is 0 Å². The normalized spacial score (nSPS) is 12.5. The van der Waals surface area contributed by atoms with E-state index in [-0.39, 0.29) is 0 Å². The van der Waals surface area contributed by atoms with E-state index in [9.17, 15) is 5.11 Å². The SMILES string of the molecule is CC(C)Cc1cnc(C(C)(C)O)n1C. The van der Waals surface area contributed by atoms with Crippen LogP contribution in [0, 0.1) is 5.92 Å². The van der Waals surface area contributed by atoms with Crippen LogP contribution in [0.1, 0.15) is 39.2 Å². The highest BCUT2D eigenvalue weighted by molar-refractivity contribution is 5.10. The average Bonchev–Trinajstić information content (AvgIpc) is 2.30. The Morgan fingerprint density at radius 2 is 2.07 bits per heavy atom. The van der Waals surface area contributed by atoms with Crippen molar-refractivity contribution in [2.75, 3.05) is 0 Å². The fourth-order valence-electron chi connectivity index (χ4n) is 1.62. The molecule has 0 saturated heterocycles. The van der Waals surface area contributed by atoms with Crippen LogP contribution in [-0.4, -0.2) is 14.7 Å². The summed E-state index contributed by atoms with van der Waals surface area (Å²) >= 11 is 0. The van der Waals surface area contributed by atoms with Gasteiger partial charge in [-0.15, -0.1) is 0 Å². The zero-order valence-corrected chi connectivity index (χ0v) is 9.70. The lowest BCUT2D eigenvalue weighted by molar-refractivity contribution is 0.0656. The summed E-state index contributed by atoms with van der Waals surface area (Å²) in [5.74, 6) is 1.34. The van der Waals surface area contributed by atoms with Gasteiger partial charge in [0.25, 0.3) is 0 Å². The number of nitrogens with zero attached hydrogens (tertiary/aromatic N) is 2. The van der Waals surface area contributed by atoms with Crippen LogP contribution in [-0.2, 0) is 19.1 Å². The van der Waals surface area contributed by atoms with E-state index in [4.69, 9.17) is 0 Å². The van der Waals surface area contributed by atoms with Crippen molar-refractivity contribution in [1.82, 2.24) is 9.55 Å².